The molecule has 4 nitrogen and oxygen atoms in total. The number of carbonyl (C=O) groups is 1. The first kappa shape index (κ1) is 19.7. The highest BCUT2D eigenvalue weighted by Crippen LogP contribution is 2.31. The summed E-state index contributed by atoms with van der Waals surface area (Å²) in [4.78, 5) is 20.5. The smallest absolute Gasteiger partial charge is 0.196 e. The third-order valence-electron chi connectivity index (χ3n) is 5.39. The molecule has 0 atom stereocenters. The highest BCUT2D eigenvalue weighted by molar-refractivity contribution is 7.20. The van der Waals surface area contributed by atoms with E-state index >= 15 is 0 Å². The number of nitrogens with zero attached hydrogens (tertiary/aromatic N) is 2. The molecule has 2 heterocycles. The number of allylic oxidation sites excluding steroid dienone is 1. The van der Waals surface area contributed by atoms with Gasteiger partial charge in [0, 0.05) is 24.3 Å². The number of fused-ring (bicyclic) bond motifs is 1. The Morgan fingerprint density at radius 2 is 1.61 bits per heavy atom. The van der Waals surface area contributed by atoms with Crippen LogP contribution in [0.2, 0.25) is 0 Å². The van der Waals surface area contributed by atoms with Gasteiger partial charge in [-0.3, -0.25) is 4.79 Å². The van der Waals surface area contributed by atoms with Crippen molar-refractivity contribution in [2.24, 2.45) is 0 Å². The van der Waals surface area contributed by atoms with Crippen LogP contribution in [0, 0.1) is 0 Å². The van der Waals surface area contributed by atoms with E-state index in [1.54, 1.807) is 11.3 Å². The minimum atomic E-state index is -0.0167. The van der Waals surface area contributed by atoms with Crippen LogP contribution in [-0.2, 0) is 4.74 Å². The highest BCUT2D eigenvalue weighted by Gasteiger charge is 2.18. The van der Waals surface area contributed by atoms with Crippen LogP contribution in [0.1, 0.15) is 20.9 Å². The fourth-order valence-corrected chi connectivity index (χ4v) is 4.71. The van der Waals surface area contributed by atoms with Crippen molar-refractivity contribution in [2.75, 3.05) is 31.2 Å². The van der Waals surface area contributed by atoms with Crippen molar-refractivity contribution in [1.82, 2.24) is 4.98 Å². The molecule has 5 heteroatoms. The van der Waals surface area contributed by atoms with Crippen LogP contribution in [0.25, 0.3) is 21.9 Å². The first-order chi connectivity index (χ1) is 15.3. The molecule has 0 aliphatic carbocycles. The molecule has 0 saturated carbocycles. The molecule has 3 aromatic carbocycles. The molecule has 1 fully saturated rings. The molecular weight excluding hydrogens is 404 g/mol. The number of Topliss-reactive ketones (excluding diaryl/α,β-unsaturated/α-hetero) is 1. The molecular formula is C26H22N2O2S. The van der Waals surface area contributed by atoms with Gasteiger partial charge in [0.05, 0.1) is 29.0 Å². The standard InChI is InChI=1S/C26H22N2O2S/c29-25(20-6-2-1-3-7-20)22(26-27-23-8-4-5-9-24(23)31-26)18-19-10-12-21(13-11-19)28-14-16-30-17-15-28/h1-13,18H,14-17H2. The van der Waals surface area contributed by atoms with E-state index in [-0.39, 0.29) is 5.78 Å². The summed E-state index contributed by atoms with van der Waals surface area (Å²) in [5.74, 6) is -0.0167. The lowest BCUT2D eigenvalue weighted by molar-refractivity contribution is 0.105. The predicted molar refractivity (Wildman–Crippen MR) is 128 cm³/mol. The van der Waals surface area contributed by atoms with Gasteiger partial charge < -0.3 is 9.64 Å². The normalized spacial score (nSPS) is 14.7. The number of benzene rings is 3. The van der Waals surface area contributed by atoms with Gasteiger partial charge in [-0.15, -0.1) is 11.3 Å². The quantitative estimate of drug-likeness (QED) is 0.310. The molecule has 154 valence electrons. The summed E-state index contributed by atoms with van der Waals surface area (Å²) in [7, 11) is 0. The van der Waals surface area contributed by atoms with Gasteiger partial charge in [-0.1, -0.05) is 54.6 Å². The number of thiazole rings is 1. The summed E-state index contributed by atoms with van der Waals surface area (Å²) in [6.45, 7) is 3.32. The molecule has 5 rings (SSSR count). The Hall–Kier alpha value is -3.28. The molecule has 0 amide bonds. The van der Waals surface area contributed by atoms with E-state index in [0.717, 1.165) is 47.1 Å². The highest BCUT2D eigenvalue weighted by atomic mass is 32.1. The predicted octanol–water partition coefficient (Wildman–Crippen LogP) is 5.56. The van der Waals surface area contributed by atoms with Gasteiger partial charge in [-0.25, -0.2) is 4.98 Å². The number of ether oxygens (including phenoxy) is 1. The Bertz CT molecular complexity index is 1190. The van der Waals surface area contributed by atoms with Crippen molar-refractivity contribution in [2.45, 2.75) is 0 Å². The molecule has 1 aliphatic heterocycles. The molecule has 31 heavy (non-hydrogen) atoms. The van der Waals surface area contributed by atoms with Crippen LogP contribution >= 0.6 is 11.3 Å². The third kappa shape index (κ3) is 4.29. The molecule has 0 radical (unpaired) electrons. The maximum atomic E-state index is 13.4. The Morgan fingerprint density at radius 3 is 2.35 bits per heavy atom. The minimum Gasteiger partial charge on any atom is -0.378 e. The summed E-state index contributed by atoms with van der Waals surface area (Å²) < 4.78 is 6.52. The molecule has 1 aliphatic rings. The summed E-state index contributed by atoms with van der Waals surface area (Å²) in [6, 6.07) is 25.7. The summed E-state index contributed by atoms with van der Waals surface area (Å²) >= 11 is 1.55. The first-order valence-corrected chi connectivity index (χ1v) is 11.2. The molecule has 0 spiro atoms. The van der Waals surface area contributed by atoms with E-state index < -0.39 is 0 Å². The number of hydrogen-bond acceptors (Lipinski definition) is 5. The van der Waals surface area contributed by atoms with Crippen molar-refractivity contribution in [3.63, 3.8) is 0 Å². The largest absolute Gasteiger partial charge is 0.378 e. The van der Waals surface area contributed by atoms with Crippen LogP contribution in [-0.4, -0.2) is 37.1 Å². The van der Waals surface area contributed by atoms with Gasteiger partial charge in [0.1, 0.15) is 5.01 Å². The van der Waals surface area contributed by atoms with Gasteiger partial charge in [0.2, 0.25) is 0 Å². The molecule has 0 unspecified atom stereocenters. The summed E-state index contributed by atoms with van der Waals surface area (Å²) in [6.07, 6.45) is 1.95. The van der Waals surface area contributed by atoms with Crippen LogP contribution in [0.5, 0.6) is 0 Å². The van der Waals surface area contributed by atoms with Crippen LogP contribution in [0.3, 0.4) is 0 Å². The van der Waals surface area contributed by atoms with E-state index in [1.807, 2.05) is 60.7 Å². The zero-order chi connectivity index (χ0) is 21.0. The van der Waals surface area contributed by atoms with E-state index in [9.17, 15) is 4.79 Å². The molecule has 0 N–H and O–H groups in total. The topological polar surface area (TPSA) is 42.4 Å². The third-order valence-corrected chi connectivity index (χ3v) is 6.45. The lowest BCUT2D eigenvalue weighted by Crippen LogP contribution is -2.36. The Kier molecular flexibility index (Phi) is 5.61. The van der Waals surface area contributed by atoms with Gasteiger partial charge >= 0.3 is 0 Å². The van der Waals surface area contributed by atoms with E-state index in [2.05, 4.69) is 29.2 Å². The van der Waals surface area contributed by atoms with Gasteiger partial charge in [0.25, 0.3) is 0 Å². The molecule has 4 aromatic rings. The second-order valence-electron chi connectivity index (χ2n) is 7.43. The second kappa shape index (κ2) is 8.84. The van der Waals surface area contributed by atoms with Crippen LogP contribution < -0.4 is 4.90 Å². The molecule has 1 aromatic heterocycles. The number of hydrogen-bond donors (Lipinski definition) is 0. The Morgan fingerprint density at radius 1 is 0.903 bits per heavy atom. The zero-order valence-electron chi connectivity index (χ0n) is 17.0. The van der Waals surface area contributed by atoms with E-state index in [1.165, 1.54) is 5.69 Å². The van der Waals surface area contributed by atoms with Crippen molar-refractivity contribution in [3.8, 4) is 0 Å². The summed E-state index contributed by atoms with van der Waals surface area (Å²) in [5, 5.41) is 0.743. The van der Waals surface area contributed by atoms with Gasteiger partial charge in [0.15, 0.2) is 5.78 Å². The van der Waals surface area contributed by atoms with Gasteiger partial charge in [-0.05, 0) is 35.9 Å². The zero-order valence-corrected chi connectivity index (χ0v) is 17.8. The molecule has 1 saturated heterocycles. The van der Waals surface area contributed by atoms with E-state index in [0.29, 0.717) is 11.1 Å². The number of morpholine rings is 1. The molecule has 0 bridgehead atoms. The Labute approximate surface area is 185 Å². The maximum Gasteiger partial charge on any atom is 0.196 e. The minimum absolute atomic E-state index is 0.0167. The number of carbonyl (C=O) groups excluding carboxylic acids is 1. The summed E-state index contributed by atoms with van der Waals surface area (Å²) in [5.41, 5.74) is 4.35. The van der Waals surface area contributed by atoms with Gasteiger partial charge in [-0.2, -0.15) is 0 Å². The lowest BCUT2D eigenvalue weighted by atomic mass is 10.0. The monoisotopic (exact) mass is 426 g/mol. The maximum absolute atomic E-state index is 13.4. The number of aromatic nitrogens is 1. The first-order valence-electron chi connectivity index (χ1n) is 10.4. The Balaban J connectivity index is 1.53. The van der Waals surface area contributed by atoms with E-state index in [4.69, 9.17) is 9.72 Å². The van der Waals surface area contributed by atoms with Crippen molar-refractivity contribution >= 4 is 44.7 Å². The van der Waals surface area contributed by atoms with Crippen molar-refractivity contribution in [1.29, 1.82) is 0 Å². The lowest BCUT2D eigenvalue weighted by Gasteiger charge is -2.28. The van der Waals surface area contributed by atoms with Crippen molar-refractivity contribution < 1.29 is 9.53 Å². The fraction of sp³-hybridized carbons (Fsp3) is 0.154. The number of anilines is 1. The van der Waals surface area contributed by atoms with Crippen LogP contribution in [0.4, 0.5) is 5.69 Å². The fourth-order valence-electron chi connectivity index (χ4n) is 3.73. The number of ketones is 1. The van der Waals surface area contributed by atoms with Crippen LogP contribution in [0.15, 0.2) is 78.9 Å². The number of para-hydroxylation sites is 1. The SMILES string of the molecule is O=C(C(=Cc1ccc(N2CCOCC2)cc1)c1nc2ccccc2s1)c1ccccc1. The number of rotatable bonds is 5. The van der Waals surface area contributed by atoms with Crippen molar-refractivity contribution in [3.05, 3.63) is 95.0 Å². The second-order valence-corrected chi connectivity index (χ2v) is 8.46. The average Bonchev–Trinajstić information content (AvgIpc) is 3.28. The average molecular weight is 427 g/mol.